The molecule has 0 saturated heterocycles. The van der Waals surface area contributed by atoms with Crippen molar-refractivity contribution in [3.63, 3.8) is 0 Å². The molecule has 2 rings (SSSR count). The number of rotatable bonds is 7. The first-order chi connectivity index (χ1) is 10.2. The molecule has 0 heterocycles. The average molecular weight is 285 g/mol. The summed E-state index contributed by atoms with van der Waals surface area (Å²) >= 11 is 0. The second-order valence-corrected chi connectivity index (χ2v) is 5.61. The van der Waals surface area contributed by atoms with Gasteiger partial charge in [-0.3, -0.25) is 0 Å². The van der Waals surface area contributed by atoms with E-state index in [2.05, 4.69) is 31.3 Å². The van der Waals surface area contributed by atoms with E-state index in [9.17, 15) is 4.39 Å². The van der Waals surface area contributed by atoms with E-state index in [1.165, 1.54) is 30.5 Å². The number of benzene rings is 2. The van der Waals surface area contributed by atoms with E-state index in [-0.39, 0.29) is 11.9 Å². The van der Waals surface area contributed by atoms with Crippen LogP contribution in [-0.2, 0) is 0 Å². The Bertz CT molecular complexity index is 521. The van der Waals surface area contributed by atoms with Gasteiger partial charge >= 0.3 is 0 Å². The van der Waals surface area contributed by atoms with Crippen molar-refractivity contribution in [2.24, 2.45) is 0 Å². The molecule has 2 aromatic rings. The quantitative estimate of drug-likeness (QED) is 0.747. The maximum Gasteiger partial charge on any atom is 0.123 e. The molecule has 0 aromatic heterocycles. The Hall–Kier alpha value is -1.67. The van der Waals surface area contributed by atoms with Gasteiger partial charge in [-0.1, -0.05) is 62.2 Å². The molecule has 2 aromatic carbocycles. The molecular weight excluding hydrogens is 261 g/mol. The van der Waals surface area contributed by atoms with E-state index in [0.717, 1.165) is 12.0 Å². The standard InChI is InChI=1S/C19H24FN/c1-3-4-8-15(2)21-19(16-9-6-5-7-10-16)17-11-13-18(20)14-12-17/h5-7,9-15,19,21H,3-4,8H2,1-2H3. The monoisotopic (exact) mass is 285 g/mol. The zero-order chi connectivity index (χ0) is 15.1. The maximum atomic E-state index is 13.2. The Kier molecular flexibility index (Phi) is 5.94. The molecule has 0 spiro atoms. The van der Waals surface area contributed by atoms with Crippen molar-refractivity contribution in [1.82, 2.24) is 5.32 Å². The fraction of sp³-hybridized carbons (Fsp3) is 0.368. The second-order valence-electron chi connectivity index (χ2n) is 5.61. The van der Waals surface area contributed by atoms with Crippen molar-refractivity contribution < 1.29 is 4.39 Å². The van der Waals surface area contributed by atoms with Gasteiger partial charge in [0.1, 0.15) is 5.82 Å². The van der Waals surface area contributed by atoms with Crippen LogP contribution in [0.3, 0.4) is 0 Å². The smallest absolute Gasteiger partial charge is 0.123 e. The highest BCUT2D eigenvalue weighted by molar-refractivity contribution is 5.31. The summed E-state index contributed by atoms with van der Waals surface area (Å²) in [5.74, 6) is -0.190. The summed E-state index contributed by atoms with van der Waals surface area (Å²) in [5, 5.41) is 3.68. The molecule has 0 aliphatic rings. The highest BCUT2D eigenvalue weighted by atomic mass is 19.1. The number of hydrogen-bond acceptors (Lipinski definition) is 1. The first-order valence-electron chi connectivity index (χ1n) is 7.77. The summed E-state index contributed by atoms with van der Waals surface area (Å²) in [7, 11) is 0. The molecular formula is C19H24FN. The Morgan fingerprint density at radius 3 is 2.19 bits per heavy atom. The zero-order valence-electron chi connectivity index (χ0n) is 12.9. The largest absolute Gasteiger partial charge is 0.304 e. The molecule has 21 heavy (non-hydrogen) atoms. The molecule has 0 fully saturated rings. The van der Waals surface area contributed by atoms with Gasteiger partial charge in [0.2, 0.25) is 0 Å². The average Bonchev–Trinajstić information content (AvgIpc) is 2.52. The van der Waals surface area contributed by atoms with E-state index < -0.39 is 0 Å². The van der Waals surface area contributed by atoms with Gasteiger partial charge in [-0.15, -0.1) is 0 Å². The molecule has 0 aliphatic heterocycles. The molecule has 1 nitrogen and oxygen atoms in total. The van der Waals surface area contributed by atoms with Gasteiger partial charge in [0.15, 0.2) is 0 Å². The van der Waals surface area contributed by atoms with Crippen molar-refractivity contribution >= 4 is 0 Å². The minimum absolute atomic E-state index is 0.110. The first kappa shape index (κ1) is 15.7. The maximum absolute atomic E-state index is 13.2. The van der Waals surface area contributed by atoms with E-state index in [1.54, 1.807) is 0 Å². The van der Waals surface area contributed by atoms with Crippen LogP contribution in [0.4, 0.5) is 4.39 Å². The molecule has 2 heteroatoms. The number of nitrogens with one attached hydrogen (secondary N) is 1. The predicted molar refractivity (Wildman–Crippen MR) is 86.8 cm³/mol. The Labute approximate surface area is 127 Å². The second kappa shape index (κ2) is 7.94. The molecule has 2 unspecified atom stereocenters. The highest BCUT2D eigenvalue weighted by Crippen LogP contribution is 2.23. The highest BCUT2D eigenvalue weighted by Gasteiger charge is 2.16. The van der Waals surface area contributed by atoms with E-state index >= 15 is 0 Å². The van der Waals surface area contributed by atoms with Crippen LogP contribution in [0, 0.1) is 5.82 Å². The molecule has 0 aliphatic carbocycles. The van der Waals surface area contributed by atoms with Crippen molar-refractivity contribution in [3.8, 4) is 0 Å². The lowest BCUT2D eigenvalue weighted by Gasteiger charge is -2.24. The van der Waals surface area contributed by atoms with Gasteiger partial charge in [0, 0.05) is 6.04 Å². The summed E-state index contributed by atoms with van der Waals surface area (Å²) in [6, 6.07) is 17.7. The Morgan fingerprint density at radius 1 is 0.952 bits per heavy atom. The molecule has 0 radical (unpaired) electrons. The Balaban J connectivity index is 2.20. The topological polar surface area (TPSA) is 12.0 Å². The lowest BCUT2D eigenvalue weighted by Crippen LogP contribution is -2.31. The van der Waals surface area contributed by atoms with Gasteiger partial charge in [-0.05, 0) is 36.6 Å². The third kappa shape index (κ3) is 4.68. The van der Waals surface area contributed by atoms with E-state index in [4.69, 9.17) is 0 Å². The van der Waals surface area contributed by atoms with Crippen molar-refractivity contribution in [2.45, 2.75) is 45.2 Å². The zero-order valence-corrected chi connectivity index (χ0v) is 12.9. The minimum Gasteiger partial charge on any atom is -0.304 e. The summed E-state index contributed by atoms with van der Waals surface area (Å²) in [5.41, 5.74) is 2.32. The van der Waals surface area contributed by atoms with Crippen LogP contribution >= 0.6 is 0 Å². The van der Waals surface area contributed by atoms with E-state index in [0.29, 0.717) is 6.04 Å². The lowest BCUT2D eigenvalue weighted by atomic mass is 9.97. The van der Waals surface area contributed by atoms with Crippen LogP contribution in [0.5, 0.6) is 0 Å². The first-order valence-corrected chi connectivity index (χ1v) is 7.77. The predicted octanol–water partition coefficient (Wildman–Crippen LogP) is 5.08. The van der Waals surface area contributed by atoms with Crippen LogP contribution in [0.25, 0.3) is 0 Å². The SMILES string of the molecule is CCCCC(C)NC(c1ccccc1)c1ccc(F)cc1. The fourth-order valence-electron chi connectivity index (χ4n) is 2.56. The van der Waals surface area contributed by atoms with Crippen LogP contribution in [0.2, 0.25) is 0 Å². The van der Waals surface area contributed by atoms with Gasteiger partial charge < -0.3 is 5.32 Å². The Morgan fingerprint density at radius 2 is 1.57 bits per heavy atom. The van der Waals surface area contributed by atoms with Gasteiger partial charge in [0.05, 0.1) is 6.04 Å². The summed E-state index contributed by atoms with van der Waals surface area (Å²) in [6.45, 7) is 4.43. The van der Waals surface area contributed by atoms with Crippen molar-refractivity contribution in [1.29, 1.82) is 0 Å². The molecule has 2 atom stereocenters. The van der Waals surface area contributed by atoms with E-state index in [1.807, 2.05) is 30.3 Å². The molecule has 0 bridgehead atoms. The summed E-state index contributed by atoms with van der Waals surface area (Å²) in [4.78, 5) is 0. The van der Waals surface area contributed by atoms with Crippen LogP contribution in [0.1, 0.15) is 50.3 Å². The number of halogens is 1. The lowest BCUT2D eigenvalue weighted by molar-refractivity contribution is 0.459. The molecule has 0 saturated carbocycles. The molecule has 1 N–H and O–H groups in total. The van der Waals surface area contributed by atoms with Crippen LogP contribution in [0.15, 0.2) is 54.6 Å². The van der Waals surface area contributed by atoms with Gasteiger partial charge in [-0.2, -0.15) is 0 Å². The van der Waals surface area contributed by atoms with Gasteiger partial charge in [-0.25, -0.2) is 4.39 Å². The third-order valence-electron chi connectivity index (χ3n) is 3.78. The molecule has 112 valence electrons. The normalized spacial score (nSPS) is 13.9. The summed E-state index contributed by atoms with van der Waals surface area (Å²) < 4.78 is 13.2. The molecule has 0 amide bonds. The van der Waals surface area contributed by atoms with Crippen molar-refractivity contribution in [3.05, 3.63) is 71.5 Å². The fourth-order valence-corrected chi connectivity index (χ4v) is 2.56. The minimum atomic E-state index is -0.190. The number of unbranched alkanes of at least 4 members (excludes halogenated alkanes) is 1. The third-order valence-corrected chi connectivity index (χ3v) is 3.78. The summed E-state index contributed by atoms with van der Waals surface area (Å²) in [6.07, 6.45) is 3.58. The number of hydrogen-bond donors (Lipinski definition) is 1. The van der Waals surface area contributed by atoms with Gasteiger partial charge in [0.25, 0.3) is 0 Å². The van der Waals surface area contributed by atoms with Crippen LogP contribution < -0.4 is 5.32 Å². The van der Waals surface area contributed by atoms with Crippen LogP contribution in [-0.4, -0.2) is 6.04 Å². The van der Waals surface area contributed by atoms with Crippen molar-refractivity contribution in [2.75, 3.05) is 0 Å².